The van der Waals surface area contributed by atoms with Crippen molar-refractivity contribution >= 4 is 21.5 Å². The molecule has 1 aromatic heterocycles. The number of nitrogens with two attached hydrogens (primary N) is 1. The lowest BCUT2D eigenvalue weighted by molar-refractivity contribution is 0.601. The average molecular weight is 294 g/mol. The number of hydrogen-bond acceptors (Lipinski definition) is 4. The summed E-state index contributed by atoms with van der Waals surface area (Å²) in [6.07, 6.45) is 0.755. The number of aryl methyl sites for hydroxylation is 2. The van der Waals surface area contributed by atoms with Gasteiger partial charge in [-0.15, -0.1) is 0 Å². The van der Waals surface area contributed by atoms with Gasteiger partial charge < -0.3 is 5.73 Å². The lowest BCUT2D eigenvalue weighted by atomic mass is 10.1. The highest BCUT2D eigenvalue weighted by Gasteiger charge is 2.17. The van der Waals surface area contributed by atoms with Gasteiger partial charge in [0.15, 0.2) is 5.82 Å². The summed E-state index contributed by atoms with van der Waals surface area (Å²) in [6, 6.07) is 4.72. The molecule has 0 saturated heterocycles. The number of nitrogens with one attached hydrogen (secondary N) is 2. The number of H-pyrrole nitrogens is 1. The molecule has 0 unspecified atom stereocenters. The summed E-state index contributed by atoms with van der Waals surface area (Å²) in [5.41, 5.74) is 8.87. The molecule has 0 atom stereocenters. The Hall–Kier alpha value is -2.02. The maximum atomic E-state index is 12.3. The minimum absolute atomic E-state index is 0.138. The first-order valence-corrected chi connectivity index (χ1v) is 7.75. The van der Waals surface area contributed by atoms with Crippen LogP contribution in [0.15, 0.2) is 23.1 Å². The van der Waals surface area contributed by atoms with Crippen molar-refractivity contribution in [1.29, 1.82) is 0 Å². The maximum absolute atomic E-state index is 12.3. The molecule has 20 heavy (non-hydrogen) atoms. The van der Waals surface area contributed by atoms with Gasteiger partial charge in [-0.3, -0.25) is 9.82 Å². The van der Waals surface area contributed by atoms with Crippen LogP contribution in [-0.4, -0.2) is 18.6 Å². The van der Waals surface area contributed by atoms with Crippen molar-refractivity contribution in [2.45, 2.75) is 32.1 Å². The summed E-state index contributed by atoms with van der Waals surface area (Å²) in [5.74, 6) is 0.277. The third-order valence-electron chi connectivity index (χ3n) is 3.24. The summed E-state index contributed by atoms with van der Waals surface area (Å²) < 4.78 is 27.0. The smallest absolute Gasteiger partial charge is 0.263 e. The largest absolute Gasteiger partial charge is 0.398 e. The second-order valence-electron chi connectivity index (χ2n) is 4.69. The topological polar surface area (TPSA) is 101 Å². The molecule has 0 spiro atoms. The van der Waals surface area contributed by atoms with Crippen LogP contribution >= 0.6 is 0 Å². The molecule has 0 aliphatic carbocycles. The first-order valence-electron chi connectivity index (χ1n) is 6.27. The molecular formula is C13H18N4O2S. The minimum Gasteiger partial charge on any atom is -0.398 e. The number of hydrogen-bond donors (Lipinski definition) is 3. The van der Waals surface area contributed by atoms with Crippen molar-refractivity contribution in [3.05, 3.63) is 35.0 Å². The van der Waals surface area contributed by atoms with Crippen LogP contribution in [0.25, 0.3) is 0 Å². The zero-order chi connectivity index (χ0) is 14.9. The molecule has 0 aliphatic heterocycles. The Balaban J connectivity index is 2.35. The molecule has 0 amide bonds. The Bertz CT molecular complexity index is 712. The van der Waals surface area contributed by atoms with Gasteiger partial charge in [0.05, 0.1) is 4.90 Å². The number of nitrogens with zero attached hydrogens (tertiary/aromatic N) is 1. The number of rotatable bonds is 4. The molecule has 0 aliphatic rings. The minimum atomic E-state index is -3.68. The Morgan fingerprint density at radius 1 is 1.30 bits per heavy atom. The van der Waals surface area contributed by atoms with E-state index in [0.717, 1.165) is 23.2 Å². The van der Waals surface area contributed by atoms with Crippen LogP contribution in [0.1, 0.15) is 23.7 Å². The normalized spacial score (nSPS) is 11.6. The predicted molar refractivity (Wildman–Crippen MR) is 79.1 cm³/mol. The fourth-order valence-corrected chi connectivity index (χ4v) is 2.91. The van der Waals surface area contributed by atoms with Gasteiger partial charge in [-0.1, -0.05) is 6.92 Å². The van der Waals surface area contributed by atoms with Gasteiger partial charge in [-0.25, -0.2) is 8.42 Å². The summed E-state index contributed by atoms with van der Waals surface area (Å²) in [6.45, 7) is 5.64. The van der Waals surface area contributed by atoms with E-state index in [4.69, 9.17) is 5.73 Å². The van der Waals surface area contributed by atoms with E-state index in [1.165, 1.54) is 6.07 Å². The Labute approximate surface area is 118 Å². The molecule has 108 valence electrons. The first-order chi connectivity index (χ1) is 9.33. The number of benzene rings is 1. The predicted octanol–water partition coefficient (Wildman–Crippen LogP) is 1.97. The average Bonchev–Trinajstić information content (AvgIpc) is 2.82. The van der Waals surface area contributed by atoms with E-state index in [-0.39, 0.29) is 10.7 Å². The number of anilines is 2. The highest BCUT2D eigenvalue weighted by Crippen LogP contribution is 2.23. The zero-order valence-electron chi connectivity index (χ0n) is 11.7. The van der Waals surface area contributed by atoms with Gasteiger partial charge in [-0.05, 0) is 43.5 Å². The van der Waals surface area contributed by atoms with Crippen LogP contribution in [0.5, 0.6) is 0 Å². The molecule has 6 nitrogen and oxygen atoms in total. The van der Waals surface area contributed by atoms with Gasteiger partial charge in [0, 0.05) is 17.4 Å². The van der Waals surface area contributed by atoms with Gasteiger partial charge in [0.2, 0.25) is 0 Å². The lowest BCUT2D eigenvalue weighted by Gasteiger charge is -2.10. The van der Waals surface area contributed by atoms with Crippen LogP contribution in [-0.2, 0) is 16.4 Å². The van der Waals surface area contributed by atoms with Crippen molar-refractivity contribution in [3.63, 3.8) is 0 Å². The van der Waals surface area contributed by atoms with E-state index >= 15 is 0 Å². The highest BCUT2D eigenvalue weighted by atomic mass is 32.2. The number of aromatic amines is 1. The summed E-state index contributed by atoms with van der Waals surface area (Å²) in [5, 5.41) is 6.67. The molecule has 2 rings (SSSR count). The van der Waals surface area contributed by atoms with Gasteiger partial charge >= 0.3 is 0 Å². The zero-order valence-corrected chi connectivity index (χ0v) is 12.5. The molecule has 0 radical (unpaired) electrons. The number of aromatic nitrogens is 2. The molecule has 1 aromatic carbocycles. The van der Waals surface area contributed by atoms with Gasteiger partial charge in [0.1, 0.15) is 0 Å². The van der Waals surface area contributed by atoms with Crippen molar-refractivity contribution < 1.29 is 8.42 Å². The number of sulfonamides is 1. The lowest BCUT2D eigenvalue weighted by Crippen LogP contribution is -2.14. The third kappa shape index (κ3) is 2.77. The van der Waals surface area contributed by atoms with Gasteiger partial charge in [-0.2, -0.15) is 5.10 Å². The fourth-order valence-electron chi connectivity index (χ4n) is 1.80. The number of nitrogen functional groups attached to an aromatic ring is 1. The van der Waals surface area contributed by atoms with E-state index < -0.39 is 10.0 Å². The highest BCUT2D eigenvalue weighted by molar-refractivity contribution is 7.92. The second-order valence-corrected chi connectivity index (χ2v) is 6.37. The monoisotopic (exact) mass is 294 g/mol. The van der Waals surface area contributed by atoms with E-state index in [9.17, 15) is 8.42 Å². The summed E-state index contributed by atoms with van der Waals surface area (Å²) >= 11 is 0. The van der Waals surface area contributed by atoms with Crippen LogP contribution < -0.4 is 10.5 Å². The van der Waals surface area contributed by atoms with E-state index in [1.807, 2.05) is 20.8 Å². The van der Waals surface area contributed by atoms with Crippen molar-refractivity contribution in [3.8, 4) is 0 Å². The molecule has 7 heteroatoms. The van der Waals surface area contributed by atoms with Crippen molar-refractivity contribution in [2.75, 3.05) is 10.5 Å². The quantitative estimate of drug-likeness (QED) is 0.750. The molecule has 1 heterocycles. The van der Waals surface area contributed by atoms with Crippen LogP contribution in [0.4, 0.5) is 11.5 Å². The van der Waals surface area contributed by atoms with Crippen LogP contribution in [0, 0.1) is 13.8 Å². The van der Waals surface area contributed by atoms with E-state index in [1.54, 1.807) is 12.1 Å². The Morgan fingerprint density at radius 2 is 2.00 bits per heavy atom. The SMILES string of the molecule is CCc1cc(NS(=O)(=O)c2cc(C)c(C)c(N)c2)n[nH]1. The van der Waals surface area contributed by atoms with Crippen molar-refractivity contribution in [1.82, 2.24) is 10.2 Å². The molecule has 2 aromatic rings. The fraction of sp³-hybridized carbons (Fsp3) is 0.308. The molecule has 0 bridgehead atoms. The van der Waals surface area contributed by atoms with E-state index in [0.29, 0.717) is 5.69 Å². The Kier molecular flexibility index (Phi) is 3.71. The third-order valence-corrected chi connectivity index (χ3v) is 4.58. The first kappa shape index (κ1) is 14.4. The molecular weight excluding hydrogens is 276 g/mol. The summed E-state index contributed by atoms with van der Waals surface area (Å²) in [7, 11) is -3.68. The molecule has 4 N–H and O–H groups in total. The van der Waals surface area contributed by atoms with Crippen molar-refractivity contribution in [2.24, 2.45) is 0 Å². The van der Waals surface area contributed by atoms with E-state index in [2.05, 4.69) is 14.9 Å². The van der Waals surface area contributed by atoms with Gasteiger partial charge in [0.25, 0.3) is 10.0 Å². The summed E-state index contributed by atoms with van der Waals surface area (Å²) in [4.78, 5) is 0.138. The standard InChI is InChI=1S/C13H18N4O2S/c1-4-10-6-13(16-15-10)17-20(18,19)11-5-8(2)9(3)12(14)7-11/h5-7H,4,14H2,1-3H3,(H2,15,16,17). The molecule has 0 saturated carbocycles. The van der Waals surface area contributed by atoms with Crippen LogP contribution in [0.2, 0.25) is 0 Å². The second kappa shape index (κ2) is 5.16. The molecule has 0 fully saturated rings. The van der Waals surface area contributed by atoms with Crippen LogP contribution in [0.3, 0.4) is 0 Å². The maximum Gasteiger partial charge on any atom is 0.263 e. The Morgan fingerprint density at radius 3 is 2.55 bits per heavy atom.